The molecule has 2 unspecified atom stereocenters. The third-order valence-electron chi connectivity index (χ3n) is 5.35. The van der Waals surface area contributed by atoms with E-state index in [0.717, 1.165) is 30.9 Å². The van der Waals surface area contributed by atoms with Crippen molar-refractivity contribution in [3.05, 3.63) is 52.3 Å². The van der Waals surface area contributed by atoms with Crippen LogP contribution in [0.15, 0.2) is 18.2 Å². The van der Waals surface area contributed by atoms with Gasteiger partial charge in [-0.3, -0.25) is 4.90 Å². The number of rotatable bonds is 3. The largest absolute Gasteiger partial charge is 0.370 e. The highest BCUT2D eigenvalue weighted by Gasteiger charge is 2.37. The number of nitrogens with zero attached hydrogens (tertiary/aromatic N) is 3. The summed E-state index contributed by atoms with van der Waals surface area (Å²) in [7, 11) is 0. The number of aromatic nitrogens is 2. The minimum Gasteiger partial charge on any atom is -0.370 e. The third-order valence-corrected chi connectivity index (χ3v) is 6.05. The molecule has 1 saturated heterocycles. The number of ether oxygens (including phenoxy) is 1. The molecule has 2 N–H and O–H groups in total. The molecule has 26 heavy (non-hydrogen) atoms. The van der Waals surface area contributed by atoms with Crippen molar-refractivity contribution in [2.75, 3.05) is 12.9 Å². The molecule has 4 rings (SSSR count). The highest BCUT2D eigenvalue weighted by atomic mass is 32.2. The van der Waals surface area contributed by atoms with E-state index in [1.165, 1.54) is 17.3 Å². The summed E-state index contributed by atoms with van der Waals surface area (Å²) in [5.74, 6) is -0.959. The highest BCUT2D eigenvalue weighted by molar-refractivity contribution is 7.97. The van der Waals surface area contributed by atoms with Gasteiger partial charge in [0.1, 0.15) is 17.7 Å². The van der Waals surface area contributed by atoms with Crippen molar-refractivity contribution in [3.8, 4) is 0 Å². The van der Waals surface area contributed by atoms with Crippen molar-refractivity contribution in [2.24, 2.45) is 5.73 Å². The average molecular weight is 380 g/mol. The summed E-state index contributed by atoms with van der Waals surface area (Å²) in [5.41, 5.74) is 10.0. The molecule has 0 aliphatic carbocycles. The number of fused-ring (bicyclic) bond motifs is 1. The van der Waals surface area contributed by atoms with Crippen LogP contribution in [-0.4, -0.2) is 39.0 Å². The van der Waals surface area contributed by atoms with E-state index < -0.39 is 17.7 Å². The SMILES string of the molecule is CSn1nc2c(c1C)CN(C1CO[C@H](c3cc(F)ccc3F)C(N)C1)C2. The summed E-state index contributed by atoms with van der Waals surface area (Å²) in [4.78, 5) is 2.31. The molecule has 5 nitrogen and oxygen atoms in total. The molecule has 0 saturated carbocycles. The van der Waals surface area contributed by atoms with Crippen LogP contribution in [0, 0.1) is 18.6 Å². The summed E-state index contributed by atoms with van der Waals surface area (Å²) < 4.78 is 35.4. The van der Waals surface area contributed by atoms with Gasteiger partial charge < -0.3 is 10.5 Å². The Balaban J connectivity index is 1.45. The molecule has 0 radical (unpaired) electrons. The summed E-state index contributed by atoms with van der Waals surface area (Å²) in [6.45, 7) is 4.11. The van der Waals surface area contributed by atoms with E-state index in [1.807, 2.05) is 10.3 Å². The van der Waals surface area contributed by atoms with Gasteiger partial charge in [-0.05, 0) is 43.5 Å². The Morgan fingerprint density at radius 2 is 2.12 bits per heavy atom. The van der Waals surface area contributed by atoms with Gasteiger partial charge in [-0.2, -0.15) is 5.10 Å². The summed E-state index contributed by atoms with van der Waals surface area (Å²) >= 11 is 1.59. The van der Waals surface area contributed by atoms with Crippen molar-refractivity contribution in [2.45, 2.75) is 44.6 Å². The lowest BCUT2D eigenvalue weighted by Crippen LogP contribution is -2.47. The number of nitrogens with two attached hydrogens (primary N) is 1. The first-order valence-corrected chi connectivity index (χ1v) is 9.84. The Morgan fingerprint density at radius 1 is 1.31 bits per heavy atom. The van der Waals surface area contributed by atoms with Crippen LogP contribution in [0.1, 0.15) is 35.0 Å². The molecular weight excluding hydrogens is 358 g/mol. The fourth-order valence-electron chi connectivity index (χ4n) is 3.94. The molecule has 2 aromatic rings. The van der Waals surface area contributed by atoms with Crippen molar-refractivity contribution in [1.82, 2.24) is 14.1 Å². The van der Waals surface area contributed by atoms with Crippen molar-refractivity contribution in [3.63, 3.8) is 0 Å². The topological polar surface area (TPSA) is 56.3 Å². The molecule has 3 atom stereocenters. The summed E-state index contributed by atoms with van der Waals surface area (Å²) in [5, 5.41) is 4.63. The number of benzene rings is 1. The zero-order chi connectivity index (χ0) is 18.4. The second-order valence-corrected chi connectivity index (χ2v) is 7.66. The summed E-state index contributed by atoms with van der Waals surface area (Å²) in [6.07, 6.45) is 2.06. The first-order chi connectivity index (χ1) is 12.5. The van der Waals surface area contributed by atoms with Crippen molar-refractivity contribution < 1.29 is 13.5 Å². The molecule has 0 bridgehead atoms. The maximum Gasteiger partial charge on any atom is 0.129 e. The van der Waals surface area contributed by atoms with Gasteiger partial charge in [0, 0.05) is 42.6 Å². The summed E-state index contributed by atoms with van der Waals surface area (Å²) in [6, 6.07) is 3.17. The highest BCUT2D eigenvalue weighted by Crippen LogP contribution is 2.35. The molecule has 0 amide bonds. The smallest absolute Gasteiger partial charge is 0.129 e. The molecule has 1 aromatic heterocycles. The second kappa shape index (κ2) is 6.92. The quantitative estimate of drug-likeness (QED) is 0.887. The van der Waals surface area contributed by atoms with Gasteiger partial charge in [0.2, 0.25) is 0 Å². The lowest BCUT2D eigenvalue weighted by Gasteiger charge is -2.38. The number of halogens is 2. The van der Waals surface area contributed by atoms with E-state index in [9.17, 15) is 8.78 Å². The van der Waals surface area contributed by atoms with E-state index in [0.29, 0.717) is 13.0 Å². The fourth-order valence-corrected chi connectivity index (χ4v) is 4.51. The molecule has 0 spiro atoms. The van der Waals surface area contributed by atoms with Crippen LogP contribution in [0.2, 0.25) is 0 Å². The van der Waals surface area contributed by atoms with Gasteiger partial charge in [0.25, 0.3) is 0 Å². The Kier molecular flexibility index (Phi) is 4.77. The zero-order valence-corrected chi connectivity index (χ0v) is 15.6. The van der Waals surface area contributed by atoms with Gasteiger partial charge in [-0.1, -0.05) is 0 Å². The Morgan fingerprint density at radius 3 is 2.81 bits per heavy atom. The average Bonchev–Trinajstić information content (AvgIpc) is 3.16. The molecular formula is C18H22F2N4OS. The maximum absolute atomic E-state index is 14.1. The van der Waals surface area contributed by atoms with Crippen LogP contribution in [0.3, 0.4) is 0 Å². The number of hydrogen-bond donors (Lipinski definition) is 1. The maximum atomic E-state index is 14.1. The predicted molar refractivity (Wildman–Crippen MR) is 96.6 cm³/mol. The van der Waals surface area contributed by atoms with E-state index in [4.69, 9.17) is 10.5 Å². The van der Waals surface area contributed by atoms with Crippen LogP contribution in [-0.2, 0) is 17.8 Å². The van der Waals surface area contributed by atoms with Gasteiger partial charge in [0.15, 0.2) is 0 Å². The lowest BCUT2D eigenvalue weighted by atomic mass is 9.93. The first kappa shape index (κ1) is 17.9. The standard InChI is InChI=1S/C18H22F2N4OS/c1-10-14-7-23(8-17(14)22-24(10)26-2)12-6-16(21)18(25-9-12)13-5-11(19)3-4-15(13)20/h3-5,12,16,18H,6-9,21H2,1-2H3/t12?,16?,18-/m1/s1. The van der Waals surface area contributed by atoms with Crippen molar-refractivity contribution >= 4 is 11.9 Å². The normalized spacial score (nSPS) is 26.3. The van der Waals surface area contributed by atoms with E-state index >= 15 is 0 Å². The van der Waals surface area contributed by atoms with Crippen LogP contribution in [0.4, 0.5) is 8.78 Å². The zero-order valence-electron chi connectivity index (χ0n) is 14.8. The monoisotopic (exact) mass is 380 g/mol. The van der Waals surface area contributed by atoms with E-state index in [1.54, 1.807) is 11.9 Å². The third kappa shape index (κ3) is 3.05. The van der Waals surface area contributed by atoms with Gasteiger partial charge in [-0.15, -0.1) is 0 Å². The van der Waals surface area contributed by atoms with Crippen molar-refractivity contribution in [1.29, 1.82) is 0 Å². The van der Waals surface area contributed by atoms with Gasteiger partial charge >= 0.3 is 0 Å². The molecule has 1 fully saturated rings. The minimum absolute atomic E-state index is 0.147. The van der Waals surface area contributed by atoms with Crippen LogP contribution in [0.25, 0.3) is 0 Å². The molecule has 3 heterocycles. The molecule has 8 heteroatoms. The second-order valence-electron chi connectivity index (χ2n) is 6.94. The molecule has 2 aliphatic rings. The molecule has 140 valence electrons. The number of hydrogen-bond acceptors (Lipinski definition) is 5. The van der Waals surface area contributed by atoms with E-state index in [2.05, 4.69) is 16.9 Å². The fraction of sp³-hybridized carbons (Fsp3) is 0.500. The first-order valence-electron chi connectivity index (χ1n) is 8.66. The Labute approximate surface area is 155 Å². The van der Waals surface area contributed by atoms with E-state index in [-0.39, 0.29) is 17.6 Å². The van der Waals surface area contributed by atoms with Gasteiger partial charge in [0.05, 0.1) is 18.0 Å². The minimum atomic E-state index is -0.616. The van der Waals surface area contributed by atoms with Crippen LogP contribution < -0.4 is 5.73 Å². The van der Waals surface area contributed by atoms with Crippen LogP contribution >= 0.6 is 11.9 Å². The lowest BCUT2D eigenvalue weighted by molar-refractivity contribution is -0.0533. The molecule has 1 aromatic carbocycles. The van der Waals surface area contributed by atoms with Crippen LogP contribution in [0.5, 0.6) is 0 Å². The Bertz CT molecular complexity index is 828. The Hall–Kier alpha value is -1.48. The predicted octanol–water partition coefficient (Wildman–Crippen LogP) is 2.77. The van der Waals surface area contributed by atoms with Gasteiger partial charge in [-0.25, -0.2) is 12.9 Å². The molecule has 2 aliphatic heterocycles.